The van der Waals surface area contributed by atoms with Gasteiger partial charge in [0.1, 0.15) is 0 Å². The summed E-state index contributed by atoms with van der Waals surface area (Å²) in [5.41, 5.74) is 6.43. The Morgan fingerprint density at radius 1 is 1.50 bits per heavy atom. The third-order valence-corrected chi connectivity index (χ3v) is 3.03. The van der Waals surface area contributed by atoms with Crippen LogP contribution in [0.25, 0.3) is 0 Å². The number of thiophene rings is 1. The monoisotopic (exact) mass is 207 g/mol. The van der Waals surface area contributed by atoms with Gasteiger partial charge in [-0.1, -0.05) is 6.07 Å². The molecule has 74 valence electrons. The first-order valence-corrected chi connectivity index (χ1v) is 5.49. The Morgan fingerprint density at radius 3 is 3.07 bits per heavy atom. The van der Waals surface area contributed by atoms with E-state index in [0.717, 1.165) is 18.7 Å². The van der Waals surface area contributed by atoms with Crippen LogP contribution in [-0.2, 0) is 19.5 Å². The third kappa shape index (κ3) is 2.21. The van der Waals surface area contributed by atoms with Gasteiger partial charge >= 0.3 is 0 Å². The molecule has 3 nitrogen and oxygen atoms in total. The van der Waals surface area contributed by atoms with Gasteiger partial charge in [-0.05, 0) is 17.9 Å². The molecule has 0 aromatic carbocycles. The van der Waals surface area contributed by atoms with Crippen LogP contribution >= 0.6 is 11.3 Å². The van der Waals surface area contributed by atoms with Gasteiger partial charge in [0.2, 0.25) is 0 Å². The van der Waals surface area contributed by atoms with Crippen LogP contribution in [0.3, 0.4) is 0 Å². The van der Waals surface area contributed by atoms with Crippen LogP contribution in [0.1, 0.15) is 10.6 Å². The van der Waals surface area contributed by atoms with E-state index in [0.29, 0.717) is 6.54 Å². The Morgan fingerprint density at radius 2 is 2.43 bits per heavy atom. The molecule has 0 radical (unpaired) electrons. The van der Waals surface area contributed by atoms with Gasteiger partial charge in [-0.2, -0.15) is 0 Å². The largest absolute Gasteiger partial charge is 0.337 e. The summed E-state index contributed by atoms with van der Waals surface area (Å²) in [7, 11) is 0. The second-order valence-corrected chi connectivity index (χ2v) is 4.17. The van der Waals surface area contributed by atoms with Crippen LogP contribution in [0.15, 0.2) is 30.0 Å². The number of nitrogens with zero attached hydrogens (tertiary/aromatic N) is 2. The molecule has 2 N–H and O–H groups in total. The molecule has 0 unspecified atom stereocenters. The summed E-state index contributed by atoms with van der Waals surface area (Å²) < 4.78 is 2.09. The molecular formula is C10H13N3S. The summed E-state index contributed by atoms with van der Waals surface area (Å²) in [6, 6.07) is 4.24. The third-order valence-electron chi connectivity index (χ3n) is 2.09. The number of hydrogen-bond acceptors (Lipinski definition) is 3. The zero-order valence-electron chi connectivity index (χ0n) is 7.89. The highest BCUT2D eigenvalue weighted by atomic mass is 32.1. The molecule has 0 spiro atoms. The predicted octanol–water partition coefficient (Wildman–Crippen LogP) is 1.65. The average Bonchev–Trinajstić information content (AvgIpc) is 2.86. The second-order valence-electron chi connectivity index (χ2n) is 3.14. The van der Waals surface area contributed by atoms with Gasteiger partial charge in [-0.15, -0.1) is 11.3 Å². The van der Waals surface area contributed by atoms with E-state index in [1.165, 1.54) is 4.88 Å². The summed E-state index contributed by atoms with van der Waals surface area (Å²) in [5.74, 6) is 0. The molecule has 0 saturated heterocycles. The molecule has 2 aromatic rings. The summed E-state index contributed by atoms with van der Waals surface area (Å²) in [6.07, 6.45) is 4.92. The number of hydrogen-bond donors (Lipinski definition) is 1. The highest BCUT2D eigenvalue weighted by Crippen LogP contribution is 2.10. The van der Waals surface area contributed by atoms with Crippen molar-refractivity contribution in [3.63, 3.8) is 0 Å². The molecule has 0 bridgehead atoms. The van der Waals surface area contributed by atoms with Crippen molar-refractivity contribution in [2.75, 3.05) is 0 Å². The van der Waals surface area contributed by atoms with Crippen LogP contribution < -0.4 is 5.73 Å². The zero-order valence-corrected chi connectivity index (χ0v) is 8.70. The molecule has 2 heterocycles. The van der Waals surface area contributed by atoms with Crippen molar-refractivity contribution in [1.29, 1.82) is 0 Å². The van der Waals surface area contributed by atoms with Crippen molar-refractivity contribution in [1.82, 2.24) is 9.55 Å². The number of imidazole rings is 1. The van der Waals surface area contributed by atoms with Crippen LogP contribution in [0, 0.1) is 0 Å². The first-order chi connectivity index (χ1) is 6.88. The second kappa shape index (κ2) is 4.39. The van der Waals surface area contributed by atoms with Gasteiger partial charge in [0.25, 0.3) is 0 Å². The molecule has 0 aliphatic rings. The van der Waals surface area contributed by atoms with Crippen LogP contribution in [0.4, 0.5) is 0 Å². The van der Waals surface area contributed by atoms with Crippen LogP contribution in [0.2, 0.25) is 0 Å². The minimum absolute atomic E-state index is 0.520. The van der Waals surface area contributed by atoms with Crippen LogP contribution in [-0.4, -0.2) is 9.55 Å². The van der Waals surface area contributed by atoms with Gasteiger partial charge < -0.3 is 10.3 Å². The lowest BCUT2D eigenvalue weighted by Gasteiger charge is -1.98. The standard InChI is InChI=1S/C10H13N3S/c11-6-9-7-13(8-12-9)4-3-10-2-1-5-14-10/h1-2,5,7-8H,3-4,6,11H2. The molecule has 2 aromatic heterocycles. The highest BCUT2D eigenvalue weighted by molar-refractivity contribution is 7.09. The Bertz CT molecular complexity index is 378. The van der Waals surface area contributed by atoms with E-state index >= 15 is 0 Å². The smallest absolute Gasteiger partial charge is 0.0950 e. The van der Waals surface area contributed by atoms with Gasteiger partial charge in [0.05, 0.1) is 12.0 Å². The maximum absolute atomic E-state index is 5.48. The first kappa shape index (κ1) is 9.43. The molecule has 4 heteroatoms. The molecular weight excluding hydrogens is 194 g/mol. The molecule has 0 atom stereocenters. The van der Waals surface area contributed by atoms with E-state index in [2.05, 4.69) is 27.1 Å². The fourth-order valence-corrected chi connectivity index (χ4v) is 2.03. The molecule has 0 amide bonds. The SMILES string of the molecule is NCc1cn(CCc2cccs2)cn1. The highest BCUT2D eigenvalue weighted by Gasteiger charge is 1.97. The number of nitrogens with two attached hydrogens (primary N) is 1. The minimum Gasteiger partial charge on any atom is -0.337 e. The Kier molecular flexibility index (Phi) is 2.96. The lowest BCUT2D eigenvalue weighted by Crippen LogP contribution is -1.98. The fourth-order valence-electron chi connectivity index (χ4n) is 1.33. The van der Waals surface area contributed by atoms with E-state index < -0.39 is 0 Å². The van der Waals surface area contributed by atoms with E-state index in [4.69, 9.17) is 5.73 Å². The Hall–Kier alpha value is -1.13. The maximum Gasteiger partial charge on any atom is 0.0950 e. The molecule has 14 heavy (non-hydrogen) atoms. The van der Waals surface area contributed by atoms with Gasteiger partial charge in [0, 0.05) is 24.2 Å². The Labute approximate surface area is 87.2 Å². The molecule has 0 aliphatic carbocycles. The lowest BCUT2D eigenvalue weighted by atomic mass is 10.3. The van der Waals surface area contributed by atoms with Crippen molar-refractivity contribution in [2.45, 2.75) is 19.5 Å². The minimum atomic E-state index is 0.520. The van der Waals surface area contributed by atoms with E-state index in [1.54, 1.807) is 11.3 Å². The number of aryl methyl sites for hydroxylation is 2. The van der Waals surface area contributed by atoms with Crippen molar-refractivity contribution >= 4 is 11.3 Å². The van der Waals surface area contributed by atoms with Crippen molar-refractivity contribution in [2.24, 2.45) is 5.73 Å². The van der Waals surface area contributed by atoms with E-state index in [1.807, 2.05) is 12.5 Å². The summed E-state index contributed by atoms with van der Waals surface area (Å²) in [4.78, 5) is 5.59. The first-order valence-electron chi connectivity index (χ1n) is 4.61. The lowest BCUT2D eigenvalue weighted by molar-refractivity contribution is 0.700. The molecule has 0 aliphatic heterocycles. The zero-order chi connectivity index (χ0) is 9.80. The van der Waals surface area contributed by atoms with Gasteiger partial charge in [-0.25, -0.2) is 4.98 Å². The van der Waals surface area contributed by atoms with E-state index in [9.17, 15) is 0 Å². The van der Waals surface area contributed by atoms with Crippen LogP contribution in [0.5, 0.6) is 0 Å². The summed E-state index contributed by atoms with van der Waals surface area (Å²) >= 11 is 1.80. The fraction of sp³-hybridized carbons (Fsp3) is 0.300. The quantitative estimate of drug-likeness (QED) is 0.828. The van der Waals surface area contributed by atoms with E-state index in [-0.39, 0.29) is 0 Å². The number of aromatic nitrogens is 2. The summed E-state index contributed by atoms with van der Waals surface area (Å²) in [6.45, 7) is 1.50. The topological polar surface area (TPSA) is 43.8 Å². The van der Waals surface area contributed by atoms with Crippen molar-refractivity contribution < 1.29 is 0 Å². The van der Waals surface area contributed by atoms with Gasteiger partial charge in [-0.3, -0.25) is 0 Å². The Balaban J connectivity index is 1.92. The maximum atomic E-state index is 5.48. The summed E-state index contributed by atoms with van der Waals surface area (Å²) in [5, 5.41) is 2.11. The normalized spacial score (nSPS) is 10.6. The van der Waals surface area contributed by atoms with Crippen molar-refractivity contribution in [3.8, 4) is 0 Å². The number of rotatable bonds is 4. The molecule has 0 fully saturated rings. The molecule has 0 saturated carbocycles. The average molecular weight is 207 g/mol. The van der Waals surface area contributed by atoms with Crippen molar-refractivity contribution in [3.05, 3.63) is 40.6 Å². The molecule has 2 rings (SSSR count). The predicted molar refractivity (Wildman–Crippen MR) is 58.1 cm³/mol. The van der Waals surface area contributed by atoms with Gasteiger partial charge in [0.15, 0.2) is 0 Å².